The molecule has 0 N–H and O–H groups in total. The molecule has 0 aliphatic carbocycles. The second kappa shape index (κ2) is 9.98. The molecular formula is C26H27ClN2O3S. The first-order valence-electron chi connectivity index (χ1n) is 10.9. The summed E-state index contributed by atoms with van der Waals surface area (Å²) in [6.07, 6.45) is 0.815. The number of rotatable bonds is 6. The molecule has 1 unspecified atom stereocenters. The molecule has 33 heavy (non-hydrogen) atoms. The number of carbonyl (C=O) groups is 2. The van der Waals surface area contributed by atoms with Crippen molar-refractivity contribution in [1.29, 1.82) is 0 Å². The molecule has 0 spiro atoms. The van der Waals surface area contributed by atoms with E-state index in [2.05, 4.69) is 11.4 Å². The summed E-state index contributed by atoms with van der Waals surface area (Å²) in [4.78, 5) is 31.7. The van der Waals surface area contributed by atoms with Gasteiger partial charge in [-0.2, -0.15) is 0 Å². The lowest BCUT2D eigenvalue weighted by molar-refractivity contribution is -0.134. The van der Waals surface area contributed by atoms with Crippen molar-refractivity contribution in [3.8, 4) is 5.75 Å². The van der Waals surface area contributed by atoms with Gasteiger partial charge in [0.25, 0.3) is 5.91 Å². The van der Waals surface area contributed by atoms with Crippen molar-refractivity contribution >= 4 is 34.8 Å². The predicted octanol–water partition coefficient (Wildman–Crippen LogP) is 5.44. The van der Waals surface area contributed by atoms with Crippen LogP contribution in [0.1, 0.15) is 46.3 Å². The van der Waals surface area contributed by atoms with Crippen molar-refractivity contribution in [3.05, 3.63) is 86.6 Å². The average Bonchev–Trinajstić information content (AvgIpc) is 3.30. The first-order chi connectivity index (χ1) is 15.9. The first-order valence-corrected chi connectivity index (χ1v) is 12.2. The Kier molecular flexibility index (Phi) is 7.05. The Morgan fingerprint density at radius 2 is 1.94 bits per heavy atom. The van der Waals surface area contributed by atoms with E-state index in [0.717, 1.165) is 23.3 Å². The van der Waals surface area contributed by atoms with Gasteiger partial charge < -0.3 is 14.5 Å². The number of hydrogen-bond donors (Lipinski definition) is 0. The van der Waals surface area contributed by atoms with E-state index in [1.54, 1.807) is 47.6 Å². The molecule has 1 atom stereocenters. The van der Waals surface area contributed by atoms with Crippen molar-refractivity contribution in [2.24, 2.45) is 0 Å². The molecule has 5 nitrogen and oxygen atoms in total. The molecule has 0 saturated carbocycles. The van der Waals surface area contributed by atoms with E-state index in [9.17, 15) is 9.59 Å². The fourth-order valence-electron chi connectivity index (χ4n) is 4.24. The summed E-state index contributed by atoms with van der Waals surface area (Å²) in [5.41, 5.74) is 2.66. The molecule has 2 amide bonds. The van der Waals surface area contributed by atoms with Crippen molar-refractivity contribution in [2.45, 2.75) is 32.4 Å². The highest BCUT2D eigenvalue weighted by Gasteiger charge is 2.34. The Morgan fingerprint density at radius 1 is 1.18 bits per heavy atom. The Morgan fingerprint density at radius 3 is 2.61 bits per heavy atom. The first kappa shape index (κ1) is 23.3. The van der Waals surface area contributed by atoms with Gasteiger partial charge in [0, 0.05) is 28.0 Å². The van der Waals surface area contributed by atoms with Gasteiger partial charge in [-0.15, -0.1) is 11.3 Å². The zero-order valence-corrected chi connectivity index (χ0v) is 20.5. The van der Waals surface area contributed by atoms with Crippen LogP contribution in [0.2, 0.25) is 5.02 Å². The van der Waals surface area contributed by atoms with Crippen LogP contribution in [0, 0.1) is 0 Å². The largest absolute Gasteiger partial charge is 0.497 e. The summed E-state index contributed by atoms with van der Waals surface area (Å²) in [6.45, 7) is 4.46. The van der Waals surface area contributed by atoms with Crippen LogP contribution >= 0.6 is 22.9 Å². The van der Waals surface area contributed by atoms with Crippen LogP contribution in [0.15, 0.2) is 60.0 Å². The second-order valence-corrected chi connectivity index (χ2v) is 9.79. The van der Waals surface area contributed by atoms with Crippen LogP contribution in [0.25, 0.3) is 0 Å². The lowest BCUT2D eigenvalue weighted by atomic mass is 9.93. The molecule has 3 aromatic rings. The number of thiophene rings is 1. The van der Waals surface area contributed by atoms with Gasteiger partial charge in [-0.25, -0.2) is 0 Å². The van der Waals surface area contributed by atoms with E-state index < -0.39 is 0 Å². The van der Waals surface area contributed by atoms with Crippen LogP contribution in [-0.2, 0) is 11.2 Å². The maximum absolute atomic E-state index is 13.6. The number of halogens is 1. The number of methoxy groups -OCH3 is 1. The Bertz CT molecular complexity index is 1140. The Labute approximate surface area is 203 Å². The Balaban J connectivity index is 1.62. The minimum absolute atomic E-state index is 0.00907. The minimum atomic E-state index is -0.199. The van der Waals surface area contributed by atoms with E-state index >= 15 is 0 Å². The highest BCUT2D eigenvalue weighted by Crippen LogP contribution is 2.38. The molecule has 0 bridgehead atoms. The molecule has 1 aliphatic heterocycles. The molecule has 2 aromatic carbocycles. The molecule has 172 valence electrons. The second-order valence-electron chi connectivity index (χ2n) is 8.35. The van der Waals surface area contributed by atoms with Gasteiger partial charge in [0.1, 0.15) is 12.3 Å². The van der Waals surface area contributed by atoms with Crippen molar-refractivity contribution in [2.75, 3.05) is 20.2 Å². The van der Waals surface area contributed by atoms with E-state index in [1.165, 1.54) is 4.88 Å². The number of fused-ring (bicyclic) bond motifs is 1. The number of amides is 2. The monoisotopic (exact) mass is 482 g/mol. The number of carbonyl (C=O) groups excluding carboxylic acids is 2. The topological polar surface area (TPSA) is 49.9 Å². The third-order valence-electron chi connectivity index (χ3n) is 5.98. The van der Waals surface area contributed by atoms with E-state index in [-0.39, 0.29) is 30.4 Å². The van der Waals surface area contributed by atoms with Crippen LogP contribution in [-0.4, -0.2) is 47.9 Å². The van der Waals surface area contributed by atoms with Gasteiger partial charge >= 0.3 is 0 Å². The molecule has 4 rings (SSSR count). The molecule has 0 saturated heterocycles. The highest BCUT2D eigenvalue weighted by molar-refractivity contribution is 7.10. The lowest BCUT2D eigenvalue weighted by Gasteiger charge is -2.38. The third-order valence-corrected chi connectivity index (χ3v) is 7.21. The molecular weight excluding hydrogens is 456 g/mol. The summed E-state index contributed by atoms with van der Waals surface area (Å²) < 4.78 is 5.31. The van der Waals surface area contributed by atoms with Crippen LogP contribution < -0.4 is 4.74 Å². The average molecular weight is 483 g/mol. The van der Waals surface area contributed by atoms with E-state index in [1.807, 2.05) is 43.0 Å². The summed E-state index contributed by atoms with van der Waals surface area (Å²) in [5.74, 6) is 0.503. The quantitative estimate of drug-likeness (QED) is 0.470. The smallest absolute Gasteiger partial charge is 0.254 e. The van der Waals surface area contributed by atoms with E-state index in [0.29, 0.717) is 17.1 Å². The predicted molar refractivity (Wildman–Crippen MR) is 132 cm³/mol. The SMILES string of the molecule is COc1ccc(C2c3ccsc3CCN2C(=O)CN(C(=O)c2cccc(Cl)c2)C(C)C)cc1. The normalized spacial score (nSPS) is 15.3. The fourth-order valence-corrected chi connectivity index (χ4v) is 5.34. The van der Waals surface area contributed by atoms with Gasteiger partial charge in [0.05, 0.1) is 13.2 Å². The lowest BCUT2D eigenvalue weighted by Crippen LogP contribution is -2.48. The zero-order chi connectivity index (χ0) is 23.5. The van der Waals surface area contributed by atoms with Crippen molar-refractivity contribution in [1.82, 2.24) is 9.80 Å². The number of hydrogen-bond acceptors (Lipinski definition) is 4. The maximum Gasteiger partial charge on any atom is 0.254 e. The summed E-state index contributed by atoms with van der Waals surface area (Å²) in [5, 5.41) is 2.58. The van der Waals surface area contributed by atoms with Crippen molar-refractivity contribution in [3.63, 3.8) is 0 Å². The van der Waals surface area contributed by atoms with Crippen molar-refractivity contribution < 1.29 is 14.3 Å². The van der Waals surface area contributed by atoms with Gasteiger partial charge in [-0.1, -0.05) is 29.8 Å². The molecule has 1 aliphatic rings. The molecule has 7 heteroatoms. The molecule has 2 heterocycles. The molecule has 0 radical (unpaired) electrons. The number of benzene rings is 2. The Hall–Kier alpha value is -2.83. The van der Waals surface area contributed by atoms with Gasteiger partial charge in [-0.3, -0.25) is 9.59 Å². The summed E-state index contributed by atoms with van der Waals surface area (Å²) in [6, 6.07) is 16.5. The highest BCUT2D eigenvalue weighted by atomic mass is 35.5. The van der Waals surface area contributed by atoms with Crippen LogP contribution in [0.4, 0.5) is 0 Å². The van der Waals surface area contributed by atoms with Crippen LogP contribution in [0.5, 0.6) is 5.75 Å². The number of nitrogens with zero attached hydrogens (tertiary/aromatic N) is 2. The number of ether oxygens (including phenoxy) is 1. The molecule has 0 fully saturated rings. The van der Waals surface area contributed by atoms with Gasteiger partial charge in [0.15, 0.2) is 0 Å². The minimum Gasteiger partial charge on any atom is -0.497 e. The van der Waals surface area contributed by atoms with Gasteiger partial charge in [0.2, 0.25) is 5.91 Å². The van der Waals surface area contributed by atoms with E-state index in [4.69, 9.17) is 16.3 Å². The van der Waals surface area contributed by atoms with Crippen LogP contribution in [0.3, 0.4) is 0 Å². The van der Waals surface area contributed by atoms with Gasteiger partial charge in [-0.05, 0) is 73.2 Å². The third kappa shape index (κ3) is 4.92. The summed E-state index contributed by atoms with van der Waals surface area (Å²) in [7, 11) is 1.64. The zero-order valence-electron chi connectivity index (χ0n) is 19.0. The standard InChI is InChI=1S/C26H27ClN2O3S/c1-17(2)29(26(31)19-5-4-6-20(27)15-19)16-24(30)28-13-11-23-22(12-14-33-23)25(28)18-7-9-21(32-3)10-8-18/h4-10,12,14-15,17,25H,11,13,16H2,1-3H3. The maximum atomic E-state index is 13.6. The fraction of sp³-hybridized carbons (Fsp3) is 0.308. The summed E-state index contributed by atoms with van der Waals surface area (Å²) >= 11 is 7.82. The molecule has 1 aromatic heterocycles.